The molecule has 6 nitrogen and oxygen atoms in total. The van der Waals surface area contributed by atoms with Crippen LogP contribution in [0.2, 0.25) is 0 Å². The molecule has 1 aromatic carbocycles. The molecule has 2 aliphatic rings. The minimum atomic E-state index is -0.972. The number of likely N-dealkylation sites (tertiary alicyclic amines) is 1. The summed E-state index contributed by atoms with van der Waals surface area (Å²) in [4.78, 5) is 24.4. The number of aromatic carboxylic acids is 1. The van der Waals surface area contributed by atoms with E-state index in [1.807, 2.05) is 0 Å². The maximum atomic E-state index is 11.5. The van der Waals surface area contributed by atoms with Crippen LogP contribution in [0, 0.1) is 0 Å². The summed E-state index contributed by atoms with van der Waals surface area (Å²) in [6.07, 6.45) is 7.28. The summed E-state index contributed by atoms with van der Waals surface area (Å²) in [6, 6.07) is 10.8. The van der Waals surface area contributed by atoms with Crippen LogP contribution in [-0.2, 0) is 5.54 Å². The molecule has 0 unspecified atom stereocenters. The molecule has 1 N–H and O–H groups in total. The summed E-state index contributed by atoms with van der Waals surface area (Å²) in [7, 11) is 0. The van der Waals surface area contributed by atoms with Crippen LogP contribution < -0.4 is 4.90 Å². The average molecular weight is 352 g/mol. The molecule has 2 fully saturated rings. The number of nitrogens with zero attached hydrogens (tertiary/aromatic N) is 4. The molecule has 136 valence electrons. The van der Waals surface area contributed by atoms with Gasteiger partial charge in [0.05, 0.1) is 0 Å². The van der Waals surface area contributed by atoms with Crippen molar-refractivity contribution in [2.45, 2.75) is 31.2 Å². The Labute approximate surface area is 153 Å². The Bertz CT molecular complexity index is 766. The molecule has 26 heavy (non-hydrogen) atoms. The van der Waals surface area contributed by atoms with Gasteiger partial charge in [-0.3, -0.25) is 4.90 Å². The van der Waals surface area contributed by atoms with E-state index in [1.54, 1.807) is 0 Å². The molecule has 1 aromatic heterocycles. The van der Waals surface area contributed by atoms with Gasteiger partial charge in [-0.2, -0.15) is 0 Å². The molecule has 2 aromatic rings. The fraction of sp³-hybridized carbons (Fsp3) is 0.450. The largest absolute Gasteiger partial charge is 0.477 e. The van der Waals surface area contributed by atoms with Crippen molar-refractivity contribution in [1.82, 2.24) is 14.9 Å². The normalized spacial score (nSPS) is 20.2. The second kappa shape index (κ2) is 7.03. The Morgan fingerprint density at radius 3 is 2.38 bits per heavy atom. The van der Waals surface area contributed by atoms with Crippen LogP contribution in [0.15, 0.2) is 42.9 Å². The van der Waals surface area contributed by atoms with Gasteiger partial charge < -0.3 is 10.0 Å². The monoisotopic (exact) mass is 352 g/mol. The van der Waals surface area contributed by atoms with Crippen LogP contribution in [0.4, 0.5) is 5.82 Å². The van der Waals surface area contributed by atoms with E-state index in [9.17, 15) is 9.90 Å². The standard InChI is InChI=1S/C20H24N4O2/c25-19(26)17-14-21-15-22-18(17)23-12-8-20(9-13-23,24-10-4-5-11-24)16-6-2-1-3-7-16/h1-3,6-7,14-15H,4-5,8-13H2,(H,25,26). The third-order valence-corrected chi connectivity index (χ3v) is 5.83. The molecule has 0 atom stereocenters. The molecule has 2 aliphatic heterocycles. The van der Waals surface area contributed by atoms with Gasteiger partial charge in [-0.1, -0.05) is 30.3 Å². The molecular formula is C20H24N4O2. The second-order valence-corrected chi connectivity index (χ2v) is 7.14. The number of carboxylic acid groups (broad SMARTS) is 1. The Hall–Kier alpha value is -2.47. The van der Waals surface area contributed by atoms with Crippen molar-refractivity contribution in [3.05, 3.63) is 54.0 Å². The number of hydrogen-bond donors (Lipinski definition) is 1. The number of rotatable bonds is 4. The predicted octanol–water partition coefficient (Wildman–Crippen LogP) is 2.77. The van der Waals surface area contributed by atoms with E-state index in [0.29, 0.717) is 5.82 Å². The van der Waals surface area contributed by atoms with Crippen molar-refractivity contribution in [3.63, 3.8) is 0 Å². The highest BCUT2D eigenvalue weighted by molar-refractivity contribution is 5.92. The smallest absolute Gasteiger partial charge is 0.341 e. The number of aromatic nitrogens is 2. The van der Waals surface area contributed by atoms with Gasteiger partial charge in [-0.25, -0.2) is 14.8 Å². The summed E-state index contributed by atoms with van der Waals surface area (Å²) in [6.45, 7) is 3.87. The van der Waals surface area contributed by atoms with Gasteiger partial charge in [0.25, 0.3) is 0 Å². The van der Waals surface area contributed by atoms with E-state index >= 15 is 0 Å². The van der Waals surface area contributed by atoms with E-state index in [4.69, 9.17) is 0 Å². The Morgan fingerprint density at radius 1 is 1.04 bits per heavy atom. The number of carbonyl (C=O) groups is 1. The minimum Gasteiger partial charge on any atom is -0.477 e. The number of carboxylic acids is 1. The molecule has 0 saturated carbocycles. The third kappa shape index (κ3) is 2.94. The molecule has 2 saturated heterocycles. The molecule has 0 aliphatic carbocycles. The lowest BCUT2D eigenvalue weighted by Gasteiger charge is -2.48. The minimum absolute atomic E-state index is 0.0463. The van der Waals surface area contributed by atoms with Crippen molar-refractivity contribution in [2.75, 3.05) is 31.1 Å². The number of benzene rings is 1. The summed E-state index contributed by atoms with van der Waals surface area (Å²) < 4.78 is 0. The Balaban J connectivity index is 1.61. The van der Waals surface area contributed by atoms with Crippen molar-refractivity contribution >= 4 is 11.8 Å². The highest BCUT2D eigenvalue weighted by Crippen LogP contribution is 2.41. The van der Waals surface area contributed by atoms with E-state index in [1.165, 1.54) is 30.9 Å². The van der Waals surface area contributed by atoms with Crippen LogP contribution >= 0.6 is 0 Å². The predicted molar refractivity (Wildman–Crippen MR) is 99.4 cm³/mol. The number of hydrogen-bond acceptors (Lipinski definition) is 5. The average Bonchev–Trinajstić information content (AvgIpc) is 3.24. The maximum absolute atomic E-state index is 11.5. The zero-order chi connectivity index (χ0) is 18.0. The van der Waals surface area contributed by atoms with E-state index < -0.39 is 5.97 Å². The fourth-order valence-corrected chi connectivity index (χ4v) is 4.50. The molecule has 0 radical (unpaired) electrons. The van der Waals surface area contributed by atoms with Crippen molar-refractivity contribution in [1.29, 1.82) is 0 Å². The first-order valence-electron chi connectivity index (χ1n) is 9.29. The lowest BCUT2D eigenvalue weighted by atomic mass is 9.79. The van der Waals surface area contributed by atoms with Gasteiger partial charge >= 0.3 is 5.97 Å². The molecule has 0 spiro atoms. The first-order chi connectivity index (χ1) is 12.7. The third-order valence-electron chi connectivity index (χ3n) is 5.83. The second-order valence-electron chi connectivity index (χ2n) is 7.14. The first-order valence-corrected chi connectivity index (χ1v) is 9.29. The van der Waals surface area contributed by atoms with Crippen LogP contribution in [0.5, 0.6) is 0 Å². The topological polar surface area (TPSA) is 69.6 Å². The maximum Gasteiger partial charge on any atom is 0.341 e. The molecule has 4 rings (SSSR count). The fourth-order valence-electron chi connectivity index (χ4n) is 4.50. The summed E-state index contributed by atoms with van der Waals surface area (Å²) in [5, 5.41) is 9.43. The van der Waals surface area contributed by atoms with E-state index in [2.05, 4.69) is 50.1 Å². The van der Waals surface area contributed by atoms with Gasteiger partial charge in [0, 0.05) is 24.8 Å². The summed E-state index contributed by atoms with van der Waals surface area (Å²) in [5.41, 5.74) is 1.61. The van der Waals surface area contributed by atoms with Crippen LogP contribution in [-0.4, -0.2) is 52.1 Å². The van der Waals surface area contributed by atoms with E-state index in [-0.39, 0.29) is 11.1 Å². The molecule has 0 amide bonds. The van der Waals surface area contributed by atoms with Gasteiger partial charge in [-0.05, 0) is 44.3 Å². The molecular weight excluding hydrogens is 328 g/mol. The first kappa shape index (κ1) is 17.0. The van der Waals surface area contributed by atoms with Crippen LogP contribution in [0.3, 0.4) is 0 Å². The summed E-state index contributed by atoms with van der Waals surface area (Å²) in [5.74, 6) is -0.435. The van der Waals surface area contributed by atoms with Crippen molar-refractivity contribution in [3.8, 4) is 0 Å². The van der Waals surface area contributed by atoms with Gasteiger partial charge in [0.15, 0.2) is 0 Å². The van der Waals surface area contributed by atoms with E-state index in [0.717, 1.165) is 39.0 Å². The zero-order valence-electron chi connectivity index (χ0n) is 14.8. The number of anilines is 1. The quantitative estimate of drug-likeness (QED) is 0.912. The van der Waals surface area contributed by atoms with Gasteiger partial charge in [0.2, 0.25) is 0 Å². The van der Waals surface area contributed by atoms with Crippen LogP contribution in [0.25, 0.3) is 0 Å². The summed E-state index contributed by atoms with van der Waals surface area (Å²) >= 11 is 0. The molecule has 0 bridgehead atoms. The number of piperidine rings is 1. The van der Waals surface area contributed by atoms with Crippen molar-refractivity contribution in [2.24, 2.45) is 0 Å². The van der Waals surface area contributed by atoms with Crippen molar-refractivity contribution < 1.29 is 9.90 Å². The zero-order valence-corrected chi connectivity index (χ0v) is 14.8. The Morgan fingerprint density at radius 2 is 1.73 bits per heavy atom. The highest BCUT2D eigenvalue weighted by atomic mass is 16.4. The molecule has 3 heterocycles. The van der Waals surface area contributed by atoms with Gasteiger partial charge in [-0.15, -0.1) is 0 Å². The lowest BCUT2D eigenvalue weighted by molar-refractivity contribution is 0.0695. The highest BCUT2D eigenvalue weighted by Gasteiger charge is 2.42. The SMILES string of the molecule is O=C(O)c1cncnc1N1CCC(c2ccccc2)(N2CCCC2)CC1. The lowest BCUT2D eigenvalue weighted by Crippen LogP contribution is -2.52. The van der Waals surface area contributed by atoms with Gasteiger partial charge in [0.1, 0.15) is 17.7 Å². The van der Waals surface area contributed by atoms with Crippen LogP contribution in [0.1, 0.15) is 41.6 Å². The Kier molecular flexibility index (Phi) is 4.59. The molecule has 6 heteroatoms.